The molecule has 4 rings (SSSR count). The molecule has 32 heavy (non-hydrogen) atoms. The van der Waals surface area contributed by atoms with Crippen molar-refractivity contribution in [3.63, 3.8) is 0 Å². The highest BCUT2D eigenvalue weighted by Gasteiger charge is 2.53. The molecule has 0 radical (unpaired) electrons. The van der Waals surface area contributed by atoms with Gasteiger partial charge in [0.05, 0.1) is 17.1 Å². The second-order valence-electron chi connectivity index (χ2n) is 8.53. The number of aromatic nitrogens is 2. The number of aryl methyl sites for hydroxylation is 4. The predicted octanol–water partition coefficient (Wildman–Crippen LogP) is 4.35. The molecular weight excluding hydrogens is 411 g/mol. The Balaban J connectivity index is 1.66. The van der Waals surface area contributed by atoms with Crippen molar-refractivity contribution < 1.29 is 18.7 Å². The number of halogens is 1. The molecule has 0 atom stereocenters. The standard InChI is InChI=1S/C24H27FN4O3/c1-13-8-18(25)9-14(2)20(13)11-26-21-10-19(12-29-16(4)15(3)27-22(21)29)28-23(31)24(6-7-24)32-17(5)30/h8-10,12,26H,6-7,11H2,1-5H3,(H,28,31). The van der Waals surface area contributed by atoms with Crippen LogP contribution in [0.3, 0.4) is 0 Å². The van der Waals surface area contributed by atoms with E-state index >= 15 is 0 Å². The van der Waals surface area contributed by atoms with Crippen molar-refractivity contribution in [1.82, 2.24) is 9.38 Å². The first-order valence-corrected chi connectivity index (χ1v) is 10.6. The number of nitrogens with one attached hydrogen (secondary N) is 2. The summed E-state index contributed by atoms with van der Waals surface area (Å²) in [4.78, 5) is 28.8. The second-order valence-corrected chi connectivity index (χ2v) is 8.53. The topological polar surface area (TPSA) is 84.7 Å². The minimum absolute atomic E-state index is 0.253. The highest BCUT2D eigenvalue weighted by Crippen LogP contribution is 2.41. The maximum Gasteiger partial charge on any atom is 0.303 e. The Morgan fingerprint density at radius 2 is 1.81 bits per heavy atom. The molecular formula is C24H27FN4O3. The monoisotopic (exact) mass is 438 g/mol. The van der Waals surface area contributed by atoms with E-state index in [9.17, 15) is 14.0 Å². The Labute approximate surface area is 186 Å². The summed E-state index contributed by atoms with van der Waals surface area (Å²) in [5, 5.41) is 6.30. The molecule has 8 heteroatoms. The molecule has 0 aliphatic heterocycles. The van der Waals surface area contributed by atoms with Crippen LogP contribution in [0.5, 0.6) is 0 Å². The van der Waals surface area contributed by atoms with Gasteiger partial charge in [-0.1, -0.05) is 0 Å². The molecule has 0 unspecified atom stereocenters. The fraction of sp³-hybridized carbons (Fsp3) is 0.375. The molecule has 1 saturated carbocycles. The van der Waals surface area contributed by atoms with Crippen LogP contribution in [0.1, 0.15) is 47.8 Å². The zero-order valence-corrected chi connectivity index (χ0v) is 18.9. The maximum atomic E-state index is 13.7. The van der Waals surface area contributed by atoms with Gasteiger partial charge in [0.2, 0.25) is 0 Å². The van der Waals surface area contributed by atoms with Crippen LogP contribution in [-0.4, -0.2) is 26.9 Å². The van der Waals surface area contributed by atoms with E-state index in [4.69, 9.17) is 4.74 Å². The molecule has 0 saturated heterocycles. The largest absolute Gasteiger partial charge is 0.449 e. The van der Waals surface area contributed by atoms with Crippen LogP contribution in [0.2, 0.25) is 0 Å². The first-order valence-electron chi connectivity index (χ1n) is 10.6. The number of carbonyl (C=O) groups is 2. The smallest absolute Gasteiger partial charge is 0.303 e. The van der Waals surface area contributed by atoms with Gasteiger partial charge in [-0.3, -0.25) is 9.59 Å². The molecule has 0 spiro atoms. The molecule has 2 heterocycles. The van der Waals surface area contributed by atoms with Gasteiger partial charge < -0.3 is 19.8 Å². The van der Waals surface area contributed by atoms with Gasteiger partial charge in [-0.2, -0.15) is 0 Å². The third-order valence-corrected chi connectivity index (χ3v) is 6.03. The fourth-order valence-electron chi connectivity index (χ4n) is 3.98. The van der Waals surface area contributed by atoms with E-state index in [0.717, 1.165) is 39.4 Å². The zero-order valence-electron chi connectivity index (χ0n) is 18.9. The average Bonchev–Trinajstić information content (AvgIpc) is 3.41. The first-order chi connectivity index (χ1) is 15.1. The van der Waals surface area contributed by atoms with Crippen LogP contribution in [0.4, 0.5) is 15.8 Å². The van der Waals surface area contributed by atoms with Crippen molar-refractivity contribution in [3.05, 3.63) is 58.3 Å². The van der Waals surface area contributed by atoms with Gasteiger partial charge in [0.1, 0.15) is 5.82 Å². The minimum Gasteiger partial charge on any atom is -0.449 e. The number of imidazole rings is 1. The number of ether oxygens (including phenoxy) is 1. The molecule has 1 aromatic carbocycles. The lowest BCUT2D eigenvalue weighted by molar-refractivity contribution is -0.154. The molecule has 1 aliphatic carbocycles. The highest BCUT2D eigenvalue weighted by molar-refractivity contribution is 6.01. The number of esters is 1. The Kier molecular flexibility index (Phi) is 5.40. The predicted molar refractivity (Wildman–Crippen MR) is 120 cm³/mol. The van der Waals surface area contributed by atoms with Crippen LogP contribution in [0.25, 0.3) is 5.65 Å². The van der Waals surface area contributed by atoms with Crippen LogP contribution in [-0.2, 0) is 20.9 Å². The quantitative estimate of drug-likeness (QED) is 0.559. The van der Waals surface area contributed by atoms with Crippen molar-refractivity contribution in [1.29, 1.82) is 0 Å². The highest BCUT2D eigenvalue weighted by atomic mass is 19.1. The summed E-state index contributed by atoms with van der Waals surface area (Å²) in [6.07, 6.45) is 2.84. The lowest BCUT2D eigenvalue weighted by Gasteiger charge is -2.17. The molecule has 2 N–H and O–H groups in total. The Bertz CT molecular complexity index is 1220. The molecule has 1 amide bonds. The molecule has 168 valence electrons. The third kappa shape index (κ3) is 4.04. The summed E-state index contributed by atoms with van der Waals surface area (Å²) in [7, 11) is 0. The summed E-state index contributed by atoms with van der Waals surface area (Å²) in [5.74, 6) is -1.06. The van der Waals surface area contributed by atoms with Gasteiger partial charge >= 0.3 is 5.97 Å². The first kappa shape index (κ1) is 21.8. The summed E-state index contributed by atoms with van der Waals surface area (Å²) >= 11 is 0. The fourth-order valence-corrected chi connectivity index (χ4v) is 3.98. The molecule has 3 aromatic rings. The van der Waals surface area contributed by atoms with Crippen LogP contribution in [0.15, 0.2) is 24.4 Å². The number of anilines is 2. The lowest BCUT2D eigenvalue weighted by atomic mass is 10.0. The number of carbonyl (C=O) groups excluding carboxylic acids is 2. The lowest BCUT2D eigenvalue weighted by Crippen LogP contribution is -2.34. The van der Waals surface area contributed by atoms with Crippen molar-refractivity contribution >= 4 is 28.9 Å². The number of hydrogen-bond donors (Lipinski definition) is 2. The Morgan fingerprint density at radius 3 is 2.41 bits per heavy atom. The molecule has 1 fully saturated rings. The average molecular weight is 439 g/mol. The number of fused-ring (bicyclic) bond motifs is 1. The minimum atomic E-state index is -1.07. The molecule has 2 aromatic heterocycles. The van der Waals surface area contributed by atoms with E-state index in [1.165, 1.54) is 19.1 Å². The van der Waals surface area contributed by atoms with E-state index in [-0.39, 0.29) is 11.7 Å². The van der Waals surface area contributed by atoms with Gasteiger partial charge in [-0.15, -0.1) is 0 Å². The van der Waals surface area contributed by atoms with Crippen LogP contribution in [0, 0.1) is 33.5 Å². The van der Waals surface area contributed by atoms with E-state index in [1.807, 2.05) is 44.4 Å². The van der Waals surface area contributed by atoms with Gasteiger partial charge in [-0.05, 0) is 62.6 Å². The van der Waals surface area contributed by atoms with Crippen LogP contribution < -0.4 is 10.6 Å². The van der Waals surface area contributed by atoms with Crippen molar-refractivity contribution in [2.24, 2.45) is 0 Å². The van der Waals surface area contributed by atoms with Crippen molar-refractivity contribution in [2.45, 2.75) is 59.6 Å². The van der Waals surface area contributed by atoms with Gasteiger partial charge in [0.25, 0.3) is 5.91 Å². The summed E-state index contributed by atoms with van der Waals surface area (Å²) in [5.41, 5.74) is 5.53. The van der Waals surface area contributed by atoms with E-state index < -0.39 is 11.6 Å². The number of amides is 1. The number of nitrogens with zero attached hydrogens (tertiary/aromatic N) is 2. The van der Waals surface area contributed by atoms with Crippen LogP contribution >= 0.6 is 0 Å². The zero-order chi connectivity index (χ0) is 23.2. The number of rotatable bonds is 6. The third-order valence-electron chi connectivity index (χ3n) is 6.03. The number of pyridine rings is 1. The van der Waals surface area contributed by atoms with Crippen molar-refractivity contribution in [3.8, 4) is 0 Å². The van der Waals surface area contributed by atoms with E-state index in [2.05, 4.69) is 15.6 Å². The van der Waals surface area contributed by atoms with E-state index in [1.54, 1.807) is 0 Å². The second kappa shape index (κ2) is 7.93. The van der Waals surface area contributed by atoms with Gasteiger partial charge in [0, 0.05) is 38.2 Å². The normalized spacial score (nSPS) is 14.3. The molecule has 7 nitrogen and oxygen atoms in total. The number of hydrogen-bond acceptors (Lipinski definition) is 5. The van der Waals surface area contributed by atoms with E-state index in [0.29, 0.717) is 25.1 Å². The SMILES string of the molecule is CC(=O)OC1(C(=O)Nc2cc(NCc3c(C)cc(F)cc3C)c3nc(C)c(C)n3c2)CC1. The summed E-state index contributed by atoms with van der Waals surface area (Å²) < 4.78 is 20.8. The molecule has 0 bridgehead atoms. The van der Waals surface area contributed by atoms with Gasteiger partial charge in [-0.25, -0.2) is 9.37 Å². The van der Waals surface area contributed by atoms with Gasteiger partial charge in [0.15, 0.2) is 11.2 Å². The Morgan fingerprint density at radius 1 is 1.16 bits per heavy atom. The Hall–Kier alpha value is -3.42. The van der Waals surface area contributed by atoms with Crippen molar-refractivity contribution in [2.75, 3.05) is 10.6 Å². The summed E-state index contributed by atoms with van der Waals surface area (Å²) in [6, 6.07) is 4.85. The maximum absolute atomic E-state index is 13.7. The number of benzene rings is 1. The summed E-state index contributed by atoms with van der Waals surface area (Å²) in [6.45, 7) is 9.44. The molecule has 1 aliphatic rings.